The first-order valence-corrected chi connectivity index (χ1v) is 7.22. The van der Waals surface area contributed by atoms with Crippen molar-refractivity contribution in [1.29, 1.82) is 0 Å². The predicted octanol–water partition coefficient (Wildman–Crippen LogP) is 1.27. The summed E-state index contributed by atoms with van der Waals surface area (Å²) in [6.45, 7) is 7.89. The molecule has 1 aliphatic heterocycles. The molecule has 0 aromatic heterocycles. The van der Waals surface area contributed by atoms with E-state index in [1.165, 1.54) is 25.7 Å². The number of nitrogens with one attached hydrogen (secondary N) is 1. The van der Waals surface area contributed by atoms with Crippen molar-refractivity contribution in [2.24, 2.45) is 5.92 Å². The molecule has 2 unspecified atom stereocenters. The van der Waals surface area contributed by atoms with Gasteiger partial charge in [0.05, 0.1) is 0 Å². The number of rotatable bonds is 4. The Morgan fingerprint density at radius 3 is 2.60 bits per heavy atom. The largest absolute Gasteiger partial charge is 0.380 e. The van der Waals surface area contributed by atoms with Gasteiger partial charge in [-0.3, -0.25) is 0 Å². The fourth-order valence-electron chi connectivity index (χ4n) is 2.30. The molecular weight excluding hydrogens is 202 g/mol. The summed E-state index contributed by atoms with van der Waals surface area (Å²) in [5, 5.41) is 3.66. The van der Waals surface area contributed by atoms with Gasteiger partial charge in [-0.1, -0.05) is 6.92 Å². The van der Waals surface area contributed by atoms with E-state index in [2.05, 4.69) is 33.1 Å². The van der Waals surface area contributed by atoms with E-state index in [1.807, 2.05) is 0 Å². The van der Waals surface area contributed by atoms with Gasteiger partial charge in [0.2, 0.25) is 0 Å². The minimum absolute atomic E-state index is 0.220. The Hall–Kier alpha value is 0.137. The molecule has 15 heavy (non-hydrogen) atoms. The van der Waals surface area contributed by atoms with Gasteiger partial charge in [-0.15, -0.1) is 0 Å². The average Bonchev–Trinajstić information content (AvgIpc) is 2.18. The first-order chi connectivity index (χ1) is 6.90. The van der Waals surface area contributed by atoms with Crippen molar-refractivity contribution >= 4 is 10.2 Å². The standard InChI is InChI=1S/C12H27NOSi/c1-10(11(2,3)13-4)9-12(15)7-5-6-8-14-12/h10,13H,5-9H2,1-4,15H3. The molecule has 0 radical (unpaired) electrons. The van der Waals surface area contributed by atoms with Gasteiger partial charge in [-0.25, -0.2) is 0 Å². The van der Waals surface area contributed by atoms with Gasteiger partial charge < -0.3 is 10.1 Å². The SMILES string of the molecule is CNC(C)(C)C(C)CC1([SiH3])CCCCO1. The van der Waals surface area contributed by atoms with E-state index in [4.69, 9.17) is 4.74 Å². The first-order valence-electron chi connectivity index (χ1n) is 6.22. The summed E-state index contributed by atoms with van der Waals surface area (Å²) in [6.07, 6.45) is 5.11. The maximum Gasteiger partial charge on any atom is 0.0489 e. The molecule has 1 saturated heterocycles. The molecule has 0 amide bonds. The Labute approximate surface area is 97.6 Å². The minimum atomic E-state index is 0.220. The van der Waals surface area contributed by atoms with Crippen LogP contribution in [0.5, 0.6) is 0 Å². The van der Waals surface area contributed by atoms with Crippen LogP contribution in [0.2, 0.25) is 0 Å². The summed E-state index contributed by atoms with van der Waals surface area (Å²) in [6, 6.07) is 0. The van der Waals surface area contributed by atoms with E-state index in [1.54, 1.807) is 0 Å². The maximum atomic E-state index is 6.01. The lowest BCUT2D eigenvalue weighted by Crippen LogP contribution is -2.48. The van der Waals surface area contributed by atoms with Crippen LogP contribution in [-0.4, -0.2) is 34.7 Å². The Morgan fingerprint density at radius 2 is 2.13 bits per heavy atom. The fourth-order valence-corrected chi connectivity index (χ4v) is 3.47. The molecule has 1 heterocycles. The molecule has 0 aromatic carbocycles. The molecule has 1 rings (SSSR count). The summed E-state index contributed by atoms with van der Waals surface area (Å²) >= 11 is 0. The molecule has 0 spiro atoms. The molecule has 1 N–H and O–H groups in total. The zero-order valence-electron chi connectivity index (χ0n) is 11.0. The molecule has 0 aliphatic carbocycles. The Balaban J connectivity index is 2.52. The van der Waals surface area contributed by atoms with Crippen LogP contribution < -0.4 is 5.32 Å². The summed E-state index contributed by atoms with van der Waals surface area (Å²) < 4.78 is 6.01. The molecule has 0 bridgehead atoms. The fraction of sp³-hybridized carbons (Fsp3) is 1.00. The topological polar surface area (TPSA) is 21.3 Å². The minimum Gasteiger partial charge on any atom is -0.380 e. The molecular formula is C12H27NOSi. The Morgan fingerprint density at radius 1 is 1.47 bits per heavy atom. The molecule has 0 aromatic rings. The molecule has 90 valence electrons. The lowest BCUT2D eigenvalue weighted by atomic mass is 9.83. The lowest BCUT2D eigenvalue weighted by molar-refractivity contribution is -0.0371. The molecule has 2 atom stereocenters. The zero-order chi connectivity index (χ0) is 11.5. The highest BCUT2D eigenvalue weighted by Gasteiger charge is 2.34. The van der Waals surface area contributed by atoms with Crippen LogP contribution in [0.3, 0.4) is 0 Å². The summed E-state index contributed by atoms with van der Waals surface area (Å²) in [4.78, 5) is 0. The zero-order valence-corrected chi connectivity index (χ0v) is 13.0. The van der Waals surface area contributed by atoms with Crippen LogP contribution in [0, 0.1) is 5.92 Å². The van der Waals surface area contributed by atoms with Crippen molar-refractivity contribution in [3.63, 3.8) is 0 Å². The average molecular weight is 229 g/mol. The van der Waals surface area contributed by atoms with Gasteiger partial charge in [0, 0.05) is 27.6 Å². The van der Waals surface area contributed by atoms with E-state index < -0.39 is 0 Å². The second-order valence-corrected chi connectivity index (χ2v) is 7.65. The summed E-state index contributed by atoms with van der Waals surface area (Å²) in [7, 11) is 3.22. The van der Waals surface area contributed by atoms with Crippen molar-refractivity contribution in [3.8, 4) is 0 Å². The van der Waals surface area contributed by atoms with Gasteiger partial charge in [-0.05, 0) is 52.5 Å². The quantitative estimate of drug-likeness (QED) is 0.733. The van der Waals surface area contributed by atoms with Crippen molar-refractivity contribution < 1.29 is 4.74 Å². The third-order valence-electron chi connectivity index (χ3n) is 4.16. The molecule has 1 fully saturated rings. The monoisotopic (exact) mass is 229 g/mol. The first kappa shape index (κ1) is 13.2. The van der Waals surface area contributed by atoms with Crippen molar-refractivity contribution in [2.45, 2.75) is 57.2 Å². The lowest BCUT2D eigenvalue weighted by Gasteiger charge is -2.41. The molecule has 3 heteroatoms. The number of ether oxygens (including phenoxy) is 1. The molecule has 1 aliphatic rings. The van der Waals surface area contributed by atoms with Gasteiger partial charge in [-0.2, -0.15) is 0 Å². The molecule has 0 saturated carbocycles. The van der Waals surface area contributed by atoms with Gasteiger partial charge in [0.25, 0.3) is 0 Å². The van der Waals surface area contributed by atoms with E-state index in [9.17, 15) is 0 Å². The Kier molecular flexibility index (Phi) is 4.38. The van der Waals surface area contributed by atoms with Crippen LogP contribution in [0.4, 0.5) is 0 Å². The summed E-state index contributed by atoms with van der Waals surface area (Å²) in [5.41, 5.74) is 0.220. The normalized spacial score (nSPS) is 30.4. The number of hydrogen-bond donors (Lipinski definition) is 1. The third kappa shape index (κ3) is 3.57. The highest BCUT2D eigenvalue weighted by Crippen LogP contribution is 2.32. The van der Waals surface area contributed by atoms with Crippen LogP contribution in [0.25, 0.3) is 0 Å². The number of hydrogen-bond acceptors (Lipinski definition) is 2. The van der Waals surface area contributed by atoms with Crippen LogP contribution >= 0.6 is 0 Å². The van der Waals surface area contributed by atoms with E-state index in [0.717, 1.165) is 16.8 Å². The Bertz CT molecular complexity index is 200. The predicted molar refractivity (Wildman–Crippen MR) is 69.4 cm³/mol. The highest BCUT2D eigenvalue weighted by atomic mass is 28.1. The maximum absolute atomic E-state index is 6.01. The van der Waals surface area contributed by atoms with E-state index in [0.29, 0.717) is 5.92 Å². The van der Waals surface area contributed by atoms with Crippen LogP contribution in [-0.2, 0) is 4.74 Å². The van der Waals surface area contributed by atoms with Crippen molar-refractivity contribution in [2.75, 3.05) is 13.7 Å². The van der Waals surface area contributed by atoms with Gasteiger partial charge in [0.15, 0.2) is 0 Å². The summed E-state index contributed by atoms with van der Waals surface area (Å²) in [5.74, 6) is 0.665. The van der Waals surface area contributed by atoms with E-state index in [-0.39, 0.29) is 10.8 Å². The van der Waals surface area contributed by atoms with E-state index >= 15 is 0 Å². The van der Waals surface area contributed by atoms with Crippen molar-refractivity contribution in [1.82, 2.24) is 5.32 Å². The smallest absolute Gasteiger partial charge is 0.0489 e. The van der Waals surface area contributed by atoms with Crippen molar-refractivity contribution in [3.05, 3.63) is 0 Å². The second-order valence-electron chi connectivity index (χ2n) is 5.83. The van der Waals surface area contributed by atoms with Crippen LogP contribution in [0.1, 0.15) is 46.5 Å². The van der Waals surface area contributed by atoms with Gasteiger partial charge in [0.1, 0.15) is 0 Å². The molecule has 2 nitrogen and oxygen atoms in total. The highest BCUT2D eigenvalue weighted by molar-refractivity contribution is 6.14. The third-order valence-corrected chi connectivity index (χ3v) is 5.36. The van der Waals surface area contributed by atoms with Gasteiger partial charge >= 0.3 is 0 Å². The van der Waals surface area contributed by atoms with Crippen LogP contribution in [0.15, 0.2) is 0 Å². The second kappa shape index (κ2) is 4.98.